The zero-order valence-electron chi connectivity index (χ0n) is 12.9. The standard InChI is InChI=1S/C16H28N2O/c1-11(2)15(10-17)18-7-6-14-8-12(3)16(19-5)13(4)9-14/h8-9,11,15,18H,6-7,10,17H2,1-5H3. The smallest absolute Gasteiger partial charge is 0.124 e. The predicted octanol–water partition coefficient (Wildman–Crippen LogP) is 2.43. The summed E-state index contributed by atoms with van der Waals surface area (Å²) in [5, 5.41) is 3.53. The molecule has 3 nitrogen and oxygen atoms in total. The van der Waals surface area contributed by atoms with Gasteiger partial charge in [0, 0.05) is 12.6 Å². The van der Waals surface area contributed by atoms with E-state index in [2.05, 4.69) is 45.1 Å². The van der Waals surface area contributed by atoms with E-state index in [0.29, 0.717) is 18.5 Å². The number of nitrogens with two attached hydrogens (primary N) is 1. The molecule has 0 heterocycles. The van der Waals surface area contributed by atoms with Crippen LogP contribution < -0.4 is 15.8 Å². The fourth-order valence-electron chi connectivity index (χ4n) is 2.50. The minimum atomic E-state index is 0.403. The maximum absolute atomic E-state index is 5.76. The minimum absolute atomic E-state index is 0.403. The van der Waals surface area contributed by atoms with Crippen LogP contribution in [0.4, 0.5) is 0 Å². The molecule has 0 amide bonds. The van der Waals surface area contributed by atoms with Crippen molar-refractivity contribution in [3.8, 4) is 5.75 Å². The average Bonchev–Trinajstić information content (AvgIpc) is 2.34. The summed E-state index contributed by atoms with van der Waals surface area (Å²) in [6, 6.07) is 4.82. The number of benzene rings is 1. The third-order valence-electron chi connectivity index (χ3n) is 3.60. The van der Waals surface area contributed by atoms with Crippen LogP contribution >= 0.6 is 0 Å². The summed E-state index contributed by atoms with van der Waals surface area (Å²) in [7, 11) is 1.73. The lowest BCUT2D eigenvalue weighted by molar-refractivity contribution is 0.406. The van der Waals surface area contributed by atoms with Crippen molar-refractivity contribution in [2.75, 3.05) is 20.2 Å². The molecule has 0 aliphatic heterocycles. The van der Waals surface area contributed by atoms with Crippen LogP contribution in [0, 0.1) is 19.8 Å². The van der Waals surface area contributed by atoms with Gasteiger partial charge in [0.2, 0.25) is 0 Å². The third kappa shape index (κ3) is 4.51. The van der Waals surface area contributed by atoms with Crippen LogP contribution in [-0.4, -0.2) is 26.2 Å². The number of hydrogen-bond donors (Lipinski definition) is 2. The van der Waals surface area contributed by atoms with E-state index >= 15 is 0 Å². The van der Waals surface area contributed by atoms with Crippen LogP contribution in [0.1, 0.15) is 30.5 Å². The van der Waals surface area contributed by atoms with Crippen molar-refractivity contribution in [3.05, 3.63) is 28.8 Å². The maximum atomic E-state index is 5.76. The molecule has 1 atom stereocenters. The van der Waals surface area contributed by atoms with Gasteiger partial charge in [-0.15, -0.1) is 0 Å². The first-order valence-corrected chi connectivity index (χ1v) is 7.07. The van der Waals surface area contributed by atoms with Crippen LogP contribution in [0.2, 0.25) is 0 Å². The quantitative estimate of drug-likeness (QED) is 0.795. The lowest BCUT2D eigenvalue weighted by atomic mass is 10.0. The van der Waals surface area contributed by atoms with Gasteiger partial charge >= 0.3 is 0 Å². The summed E-state index contributed by atoms with van der Waals surface area (Å²) < 4.78 is 5.39. The highest BCUT2D eigenvalue weighted by Gasteiger charge is 2.10. The summed E-state index contributed by atoms with van der Waals surface area (Å²) in [5.41, 5.74) is 9.52. The normalized spacial score (nSPS) is 12.8. The lowest BCUT2D eigenvalue weighted by Gasteiger charge is -2.20. The molecule has 0 saturated heterocycles. The number of rotatable bonds is 7. The highest BCUT2D eigenvalue weighted by atomic mass is 16.5. The molecular weight excluding hydrogens is 236 g/mol. The van der Waals surface area contributed by atoms with E-state index in [1.54, 1.807) is 7.11 Å². The Kier molecular flexibility index (Phi) is 6.32. The molecule has 0 bridgehead atoms. The fourth-order valence-corrected chi connectivity index (χ4v) is 2.50. The fraction of sp³-hybridized carbons (Fsp3) is 0.625. The summed E-state index contributed by atoms with van der Waals surface area (Å²) in [4.78, 5) is 0. The third-order valence-corrected chi connectivity index (χ3v) is 3.60. The molecule has 19 heavy (non-hydrogen) atoms. The van der Waals surface area contributed by atoms with E-state index in [1.165, 1.54) is 16.7 Å². The molecule has 0 aliphatic rings. The van der Waals surface area contributed by atoms with Crippen LogP contribution in [0.15, 0.2) is 12.1 Å². The zero-order chi connectivity index (χ0) is 14.4. The second-order valence-corrected chi connectivity index (χ2v) is 5.55. The number of ether oxygens (including phenoxy) is 1. The summed E-state index contributed by atoms with van der Waals surface area (Å²) in [6.07, 6.45) is 1.02. The Morgan fingerprint density at radius 1 is 1.21 bits per heavy atom. The van der Waals surface area contributed by atoms with E-state index in [-0.39, 0.29) is 0 Å². The van der Waals surface area contributed by atoms with Crippen molar-refractivity contribution in [1.82, 2.24) is 5.32 Å². The molecule has 3 heteroatoms. The number of aryl methyl sites for hydroxylation is 2. The molecule has 0 spiro atoms. The molecule has 1 aromatic rings. The van der Waals surface area contributed by atoms with Crippen LogP contribution in [0.3, 0.4) is 0 Å². The number of hydrogen-bond acceptors (Lipinski definition) is 3. The molecular formula is C16H28N2O. The van der Waals surface area contributed by atoms with Crippen LogP contribution in [0.25, 0.3) is 0 Å². The Hall–Kier alpha value is -1.06. The summed E-state index contributed by atoms with van der Waals surface area (Å²) in [5.74, 6) is 1.57. The predicted molar refractivity (Wildman–Crippen MR) is 81.9 cm³/mol. The van der Waals surface area contributed by atoms with Crippen LogP contribution in [0.5, 0.6) is 5.75 Å². The molecule has 3 N–H and O–H groups in total. The largest absolute Gasteiger partial charge is 0.496 e. The second kappa shape index (κ2) is 7.51. The highest BCUT2D eigenvalue weighted by molar-refractivity contribution is 5.43. The first-order chi connectivity index (χ1) is 8.99. The monoisotopic (exact) mass is 264 g/mol. The summed E-state index contributed by atoms with van der Waals surface area (Å²) >= 11 is 0. The molecule has 0 aromatic heterocycles. The van der Waals surface area contributed by atoms with Gasteiger partial charge in [-0.2, -0.15) is 0 Å². The van der Waals surface area contributed by atoms with Crippen molar-refractivity contribution in [2.45, 2.75) is 40.2 Å². The Bertz CT molecular complexity index is 379. The SMILES string of the molecule is COc1c(C)cc(CCNC(CN)C(C)C)cc1C. The van der Waals surface area contributed by atoms with Gasteiger partial charge in [-0.1, -0.05) is 26.0 Å². The lowest BCUT2D eigenvalue weighted by Crippen LogP contribution is -2.41. The van der Waals surface area contributed by atoms with E-state index in [4.69, 9.17) is 10.5 Å². The van der Waals surface area contributed by atoms with Gasteiger partial charge in [-0.25, -0.2) is 0 Å². The van der Waals surface area contributed by atoms with E-state index in [9.17, 15) is 0 Å². The van der Waals surface area contributed by atoms with Crippen molar-refractivity contribution >= 4 is 0 Å². The van der Waals surface area contributed by atoms with Crippen molar-refractivity contribution in [1.29, 1.82) is 0 Å². The molecule has 1 rings (SSSR count). The molecule has 0 aliphatic carbocycles. The molecule has 1 unspecified atom stereocenters. The molecule has 108 valence electrons. The van der Waals surface area contributed by atoms with Crippen LogP contribution in [-0.2, 0) is 6.42 Å². The van der Waals surface area contributed by atoms with E-state index in [1.807, 2.05) is 0 Å². The number of methoxy groups -OCH3 is 1. The first-order valence-electron chi connectivity index (χ1n) is 7.07. The average molecular weight is 264 g/mol. The Morgan fingerprint density at radius 3 is 2.21 bits per heavy atom. The molecule has 0 saturated carbocycles. The second-order valence-electron chi connectivity index (χ2n) is 5.55. The molecule has 1 aromatic carbocycles. The zero-order valence-corrected chi connectivity index (χ0v) is 12.9. The van der Waals surface area contributed by atoms with Gasteiger partial charge in [0.1, 0.15) is 5.75 Å². The summed E-state index contributed by atoms with van der Waals surface area (Å²) in [6.45, 7) is 10.3. The maximum Gasteiger partial charge on any atom is 0.124 e. The molecule has 0 radical (unpaired) electrons. The van der Waals surface area contributed by atoms with Gasteiger partial charge in [0.25, 0.3) is 0 Å². The first kappa shape index (κ1) is 16.0. The highest BCUT2D eigenvalue weighted by Crippen LogP contribution is 2.24. The Labute approximate surface area is 117 Å². The van der Waals surface area contributed by atoms with Gasteiger partial charge in [0.05, 0.1) is 7.11 Å². The van der Waals surface area contributed by atoms with Gasteiger partial charge < -0.3 is 15.8 Å². The van der Waals surface area contributed by atoms with Crippen molar-refractivity contribution < 1.29 is 4.74 Å². The van der Waals surface area contributed by atoms with Crippen molar-refractivity contribution in [2.24, 2.45) is 11.7 Å². The van der Waals surface area contributed by atoms with Gasteiger partial charge in [-0.3, -0.25) is 0 Å². The topological polar surface area (TPSA) is 47.3 Å². The Balaban J connectivity index is 2.59. The van der Waals surface area contributed by atoms with Crippen molar-refractivity contribution in [3.63, 3.8) is 0 Å². The number of nitrogens with one attached hydrogen (secondary N) is 1. The van der Waals surface area contributed by atoms with E-state index < -0.39 is 0 Å². The van der Waals surface area contributed by atoms with E-state index in [0.717, 1.165) is 18.7 Å². The Morgan fingerprint density at radius 2 is 1.79 bits per heavy atom. The van der Waals surface area contributed by atoms with Gasteiger partial charge in [-0.05, 0) is 49.4 Å². The molecule has 0 fully saturated rings. The van der Waals surface area contributed by atoms with Gasteiger partial charge in [0.15, 0.2) is 0 Å². The minimum Gasteiger partial charge on any atom is -0.496 e.